The van der Waals surface area contributed by atoms with Gasteiger partial charge in [0.15, 0.2) is 11.5 Å². The maximum atomic E-state index is 9.29. The number of benzene rings is 1. The molecule has 3 nitrogen and oxygen atoms in total. The van der Waals surface area contributed by atoms with E-state index in [9.17, 15) is 10.2 Å². The molecule has 1 aromatic carbocycles. The molecule has 0 fully saturated rings. The average Bonchev–Trinajstić information content (AvgIpc) is 2.11. The van der Waals surface area contributed by atoms with E-state index in [1.807, 2.05) is 19.1 Å². The highest BCUT2D eigenvalue weighted by Crippen LogP contribution is 2.36. The van der Waals surface area contributed by atoms with Crippen molar-refractivity contribution < 1.29 is 14.9 Å². The Morgan fingerprint density at radius 2 is 2.00 bits per heavy atom. The molecular weight excluding hydrogens is 168 g/mol. The first-order chi connectivity index (χ1) is 6.19. The number of rotatable bonds is 2. The van der Waals surface area contributed by atoms with Gasteiger partial charge in [0.25, 0.3) is 0 Å². The van der Waals surface area contributed by atoms with Crippen molar-refractivity contribution in [2.75, 3.05) is 7.11 Å². The zero-order valence-electron chi connectivity index (χ0n) is 7.61. The van der Waals surface area contributed by atoms with Gasteiger partial charge in [-0.1, -0.05) is 12.2 Å². The smallest absolute Gasteiger partial charge is 0.200 e. The predicted octanol–water partition coefficient (Wildman–Crippen LogP) is 2.14. The molecule has 70 valence electrons. The zero-order valence-corrected chi connectivity index (χ0v) is 7.61. The predicted molar refractivity (Wildman–Crippen MR) is 51.0 cm³/mol. The molecule has 0 atom stereocenters. The van der Waals surface area contributed by atoms with Gasteiger partial charge >= 0.3 is 0 Å². The van der Waals surface area contributed by atoms with Crippen LogP contribution in [-0.4, -0.2) is 17.3 Å². The molecule has 13 heavy (non-hydrogen) atoms. The molecule has 1 aromatic rings. The summed E-state index contributed by atoms with van der Waals surface area (Å²) in [6.07, 6.45) is 3.65. The van der Waals surface area contributed by atoms with Gasteiger partial charge < -0.3 is 14.9 Å². The number of phenolic OH excluding ortho intramolecular Hbond substituents is 2. The fourth-order valence-electron chi connectivity index (χ4n) is 1.06. The van der Waals surface area contributed by atoms with Crippen molar-refractivity contribution in [3.8, 4) is 17.2 Å². The second kappa shape index (κ2) is 3.85. The Hall–Kier alpha value is -1.64. The lowest BCUT2D eigenvalue weighted by molar-refractivity contribution is 0.351. The van der Waals surface area contributed by atoms with Crippen LogP contribution in [0, 0.1) is 0 Å². The highest BCUT2D eigenvalue weighted by Gasteiger charge is 2.07. The zero-order chi connectivity index (χ0) is 9.84. The van der Waals surface area contributed by atoms with E-state index in [2.05, 4.69) is 0 Å². The Labute approximate surface area is 76.9 Å². The minimum absolute atomic E-state index is 0.174. The summed E-state index contributed by atoms with van der Waals surface area (Å²) in [6, 6.07) is 3.12. The van der Waals surface area contributed by atoms with Gasteiger partial charge in [-0.05, 0) is 24.6 Å². The van der Waals surface area contributed by atoms with Gasteiger partial charge in [-0.15, -0.1) is 0 Å². The molecule has 2 N–H and O–H groups in total. The summed E-state index contributed by atoms with van der Waals surface area (Å²) >= 11 is 0. The van der Waals surface area contributed by atoms with Crippen LogP contribution in [0.5, 0.6) is 17.2 Å². The average molecular weight is 180 g/mol. The summed E-state index contributed by atoms with van der Waals surface area (Å²) in [6.45, 7) is 1.87. The van der Waals surface area contributed by atoms with Gasteiger partial charge in [0.2, 0.25) is 5.75 Å². The van der Waals surface area contributed by atoms with Gasteiger partial charge in [0, 0.05) is 0 Å². The molecule has 1 rings (SSSR count). The highest BCUT2D eigenvalue weighted by molar-refractivity contribution is 5.60. The van der Waals surface area contributed by atoms with E-state index in [4.69, 9.17) is 4.74 Å². The number of hydrogen-bond donors (Lipinski definition) is 2. The first kappa shape index (κ1) is 9.45. The van der Waals surface area contributed by atoms with Crippen molar-refractivity contribution in [3.05, 3.63) is 23.8 Å². The Morgan fingerprint density at radius 3 is 2.54 bits per heavy atom. The lowest BCUT2D eigenvalue weighted by atomic mass is 10.1. The maximum Gasteiger partial charge on any atom is 0.200 e. The van der Waals surface area contributed by atoms with Crippen molar-refractivity contribution in [1.29, 1.82) is 0 Å². The molecule has 0 heterocycles. The van der Waals surface area contributed by atoms with Crippen LogP contribution in [0.1, 0.15) is 12.5 Å². The summed E-state index contributed by atoms with van der Waals surface area (Å²) in [4.78, 5) is 0. The van der Waals surface area contributed by atoms with Gasteiger partial charge in [0.05, 0.1) is 7.11 Å². The second-order valence-electron chi connectivity index (χ2n) is 2.59. The molecule has 0 radical (unpaired) electrons. The van der Waals surface area contributed by atoms with E-state index in [0.29, 0.717) is 0 Å². The third-order valence-corrected chi connectivity index (χ3v) is 1.66. The second-order valence-corrected chi connectivity index (χ2v) is 2.59. The van der Waals surface area contributed by atoms with Gasteiger partial charge in [0.1, 0.15) is 0 Å². The lowest BCUT2D eigenvalue weighted by Gasteiger charge is -2.05. The van der Waals surface area contributed by atoms with Crippen LogP contribution in [0.3, 0.4) is 0 Å². The topological polar surface area (TPSA) is 49.7 Å². The Balaban J connectivity index is 3.21. The Morgan fingerprint density at radius 1 is 1.31 bits per heavy atom. The summed E-state index contributed by atoms with van der Waals surface area (Å²) in [5, 5.41) is 18.6. The maximum absolute atomic E-state index is 9.29. The molecule has 0 bridgehead atoms. The van der Waals surface area contributed by atoms with Crippen LogP contribution in [-0.2, 0) is 0 Å². The highest BCUT2D eigenvalue weighted by atomic mass is 16.5. The molecule has 0 aliphatic heterocycles. The summed E-state index contributed by atoms with van der Waals surface area (Å²) in [7, 11) is 1.44. The van der Waals surface area contributed by atoms with E-state index < -0.39 is 0 Å². The molecule has 3 heteroatoms. The fourth-order valence-corrected chi connectivity index (χ4v) is 1.06. The number of hydrogen-bond acceptors (Lipinski definition) is 3. The monoisotopic (exact) mass is 180 g/mol. The number of phenols is 2. The van der Waals surface area contributed by atoms with E-state index in [1.54, 1.807) is 6.07 Å². The molecule has 0 amide bonds. The molecule has 0 saturated heterocycles. The summed E-state index contributed by atoms with van der Waals surface area (Å²) < 4.78 is 4.87. The van der Waals surface area contributed by atoms with Crippen molar-refractivity contribution in [2.24, 2.45) is 0 Å². The van der Waals surface area contributed by atoms with E-state index in [1.165, 1.54) is 13.2 Å². The quantitative estimate of drug-likeness (QED) is 0.685. The minimum Gasteiger partial charge on any atom is -0.504 e. The third kappa shape index (κ3) is 1.93. The standard InChI is InChI=1S/C10H12O3/c1-3-4-7-5-8(11)10(12)9(6-7)13-2/h3-6,11-12H,1-2H3/b4-3-. The fraction of sp³-hybridized carbons (Fsp3) is 0.200. The van der Waals surface area contributed by atoms with Gasteiger partial charge in [-0.25, -0.2) is 0 Å². The number of allylic oxidation sites excluding steroid dienone is 1. The molecule has 0 aromatic heterocycles. The molecule has 0 unspecified atom stereocenters. The molecule has 0 aliphatic carbocycles. The molecule has 0 spiro atoms. The van der Waals surface area contributed by atoms with Crippen LogP contribution < -0.4 is 4.74 Å². The van der Waals surface area contributed by atoms with Gasteiger partial charge in [-0.2, -0.15) is 0 Å². The van der Waals surface area contributed by atoms with Crippen LogP contribution in [0.4, 0.5) is 0 Å². The largest absolute Gasteiger partial charge is 0.504 e. The Bertz CT molecular complexity index is 329. The number of aromatic hydroxyl groups is 2. The first-order valence-electron chi connectivity index (χ1n) is 3.91. The van der Waals surface area contributed by atoms with Crippen molar-refractivity contribution in [2.45, 2.75) is 6.92 Å². The Kier molecular flexibility index (Phi) is 2.80. The molecule has 0 saturated carbocycles. The lowest BCUT2D eigenvalue weighted by Crippen LogP contribution is -1.85. The number of methoxy groups -OCH3 is 1. The van der Waals surface area contributed by atoms with E-state index in [0.717, 1.165) is 5.56 Å². The molecule has 0 aliphatic rings. The summed E-state index contributed by atoms with van der Waals surface area (Å²) in [5.41, 5.74) is 0.787. The van der Waals surface area contributed by atoms with E-state index >= 15 is 0 Å². The van der Waals surface area contributed by atoms with E-state index in [-0.39, 0.29) is 17.2 Å². The summed E-state index contributed by atoms with van der Waals surface area (Å²) in [5.74, 6) is -0.128. The van der Waals surface area contributed by atoms with Crippen LogP contribution in [0.2, 0.25) is 0 Å². The van der Waals surface area contributed by atoms with Crippen molar-refractivity contribution in [3.63, 3.8) is 0 Å². The first-order valence-corrected chi connectivity index (χ1v) is 3.91. The molecular formula is C10H12O3. The normalized spacial score (nSPS) is 10.6. The minimum atomic E-state index is -0.226. The third-order valence-electron chi connectivity index (χ3n) is 1.66. The van der Waals surface area contributed by atoms with Crippen LogP contribution in [0.15, 0.2) is 18.2 Å². The van der Waals surface area contributed by atoms with Crippen LogP contribution in [0.25, 0.3) is 6.08 Å². The van der Waals surface area contributed by atoms with Crippen molar-refractivity contribution in [1.82, 2.24) is 0 Å². The van der Waals surface area contributed by atoms with Crippen molar-refractivity contribution >= 4 is 6.08 Å². The SMILES string of the molecule is C/C=C\c1cc(O)c(O)c(OC)c1. The number of ether oxygens (including phenoxy) is 1. The van der Waals surface area contributed by atoms with Gasteiger partial charge in [-0.3, -0.25) is 0 Å². The van der Waals surface area contributed by atoms with Crippen LogP contribution >= 0.6 is 0 Å².